The highest BCUT2D eigenvalue weighted by atomic mass is 32.1. The normalized spacial score (nSPS) is 21.5. The fourth-order valence-electron chi connectivity index (χ4n) is 7.25. The van der Waals surface area contributed by atoms with Crippen molar-refractivity contribution in [3.63, 3.8) is 0 Å². The van der Waals surface area contributed by atoms with Crippen LogP contribution in [0.2, 0.25) is 0 Å². The minimum atomic E-state index is -5.22. The lowest BCUT2D eigenvalue weighted by Gasteiger charge is -2.40. The third-order valence-electron chi connectivity index (χ3n) is 9.54. The molecule has 0 spiro atoms. The van der Waals surface area contributed by atoms with Gasteiger partial charge < -0.3 is 29.3 Å². The Morgan fingerprint density at radius 2 is 1.87 bits per heavy atom. The summed E-state index contributed by atoms with van der Waals surface area (Å²) in [6.45, 7) is 4.58. The molecule has 0 radical (unpaired) electrons. The van der Waals surface area contributed by atoms with Crippen molar-refractivity contribution in [3.05, 3.63) is 41.0 Å². The number of carbonyl (C=O) groups excluding carboxylic acids is 1. The molecule has 3 aliphatic rings. The topological polar surface area (TPSA) is 170 Å². The average molecular weight is 777 g/mol. The quantitative estimate of drug-likeness (QED) is 0.174. The van der Waals surface area contributed by atoms with Crippen LogP contribution in [-0.4, -0.2) is 93.5 Å². The van der Waals surface area contributed by atoms with Gasteiger partial charge in [-0.1, -0.05) is 6.07 Å². The molecule has 0 aliphatic carbocycles. The summed E-state index contributed by atoms with van der Waals surface area (Å²) in [5.74, 6) is -2.58. The molecule has 2 bridgehead atoms. The van der Waals surface area contributed by atoms with Gasteiger partial charge >= 0.3 is 24.4 Å². The third kappa shape index (κ3) is 6.77. The molecule has 3 fully saturated rings. The van der Waals surface area contributed by atoms with Crippen molar-refractivity contribution in [1.82, 2.24) is 14.9 Å². The van der Waals surface area contributed by atoms with Gasteiger partial charge in [-0.2, -0.15) is 28.4 Å². The van der Waals surface area contributed by atoms with Crippen LogP contribution in [0, 0.1) is 23.0 Å². The first-order valence-electron chi connectivity index (χ1n) is 16.8. The molecule has 54 heavy (non-hydrogen) atoms. The Morgan fingerprint density at radius 3 is 2.46 bits per heavy atom. The number of alkyl halides is 3. The highest BCUT2D eigenvalue weighted by Crippen LogP contribution is 2.49. The molecule has 4 aromatic rings. The standard InChI is InChI=1S/C35H33F5N6O7S/c1-33(2,3)53-31(47)44-29-20(11-41)23-18(6-7-22(36)27(23)54-29)24-21(35(38,39)40)10-19-26(25(24)37)42-30(52-15-34(50)8-9-51-14-34)43-28(19)45-12-16-4-5-17(13-45)46(16)32(48)49/h6-7,10,16-17,50H,4-5,8-9,12-15H2,1-3H3,(H,44,47)(H,48,49). The maximum Gasteiger partial charge on any atom is 0.417 e. The third-order valence-corrected chi connectivity index (χ3v) is 10.7. The van der Waals surface area contributed by atoms with Crippen LogP contribution in [0.4, 0.5) is 42.4 Å². The molecule has 3 aliphatic heterocycles. The van der Waals surface area contributed by atoms with Crippen molar-refractivity contribution in [2.45, 2.75) is 69.5 Å². The molecule has 13 nitrogen and oxygen atoms in total. The molecular weight excluding hydrogens is 743 g/mol. The number of nitrogens with one attached hydrogen (secondary N) is 1. The number of rotatable bonds is 6. The summed E-state index contributed by atoms with van der Waals surface area (Å²) in [5.41, 5.74) is -6.47. The predicted octanol–water partition coefficient (Wildman–Crippen LogP) is 6.89. The zero-order chi connectivity index (χ0) is 38.9. The number of carbonyl (C=O) groups is 2. The second kappa shape index (κ2) is 13.4. The molecule has 19 heteroatoms. The van der Waals surface area contributed by atoms with Crippen LogP contribution >= 0.6 is 11.3 Å². The first-order valence-corrected chi connectivity index (χ1v) is 17.6. The number of hydrogen-bond acceptors (Lipinski definition) is 11. The highest BCUT2D eigenvalue weighted by molar-refractivity contribution is 7.23. The molecule has 5 heterocycles. The van der Waals surface area contributed by atoms with E-state index in [2.05, 4.69) is 15.3 Å². The molecule has 2 aromatic carbocycles. The van der Waals surface area contributed by atoms with Crippen molar-refractivity contribution < 1.29 is 56.0 Å². The van der Waals surface area contributed by atoms with Crippen molar-refractivity contribution in [1.29, 1.82) is 5.26 Å². The maximum atomic E-state index is 17.2. The van der Waals surface area contributed by atoms with Gasteiger partial charge in [-0.25, -0.2) is 18.4 Å². The minimum Gasteiger partial charge on any atom is -0.465 e. The Bertz CT molecular complexity index is 2220. The smallest absolute Gasteiger partial charge is 0.417 e. The summed E-state index contributed by atoms with van der Waals surface area (Å²) in [6, 6.07) is 2.72. The lowest BCUT2D eigenvalue weighted by atomic mass is 9.92. The SMILES string of the molecule is CC(C)(C)OC(=O)Nc1sc2c(F)ccc(-c3c(C(F)(F)F)cc4c(N5CC6CCC(C5)N6C(=O)O)nc(OCC5(O)CCOC5)nc4c3F)c2c1C#N. The number of aromatic nitrogens is 2. The first kappa shape index (κ1) is 37.3. The summed E-state index contributed by atoms with van der Waals surface area (Å²) >= 11 is 0.566. The highest BCUT2D eigenvalue weighted by Gasteiger charge is 2.45. The number of halogens is 5. The molecule has 2 amide bonds. The van der Waals surface area contributed by atoms with Gasteiger partial charge in [-0.15, -0.1) is 11.3 Å². The van der Waals surface area contributed by atoms with Crippen LogP contribution in [0.1, 0.15) is 51.2 Å². The lowest BCUT2D eigenvalue weighted by Crippen LogP contribution is -2.55. The van der Waals surface area contributed by atoms with E-state index in [4.69, 9.17) is 14.2 Å². The zero-order valence-electron chi connectivity index (χ0n) is 29.0. The van der Waals surface area contributed by atoms with E-state index in [1.165, 1.54) is 4.90 Å². The van der Waals surface area contributed by atoms with E-state index in [0.717, 1.165) is 12.1 Å². The van der Waals surface area contributed by atoms with Crippen LogP contribution < -0.4 is 15.0 Å². The first-order chi connectivity index (χ1) is 25.4. The van der Waals surface area contributed by atoms with Gasteiger partial charge in [0.2, 0.25) is 0 Å². The van der Waals surface area contributed by atoms with Crippen molar-refractivity contribution >= 4 is 55.3 Å². The van der Waals surface area contributed by atoms with E-state index in [0.29, 0.717) is 30.2 Å². The summed E-state index contributed by atoms with van der Waals surface area (Å²) in [7, 11) is 0. The van der Waals surface area contributed by atoms with Crippen LogP contribution in [0.5, 0.6) is 6.01 Å². The Kier molecular flexibility index (Phi) is 9.21. The van der Waals surface area contributed by atoms with Crippen LogP contribution in [-0.2, 0) is 15.7 Å². The number of amides is 2. The van der Waals surface area contributed by atoms with Crippen molar-refractivity contribution in [3.8, 4) is 23.2 Å². The molecule has 286 valence electrons. The molecule has 3 saturated heterocycles. The second-order valence-electron chi connectivity index (χ2n) is 14.5. The number of thiophene rings is 1. The Balaban J connectivity index is 1.44. The number of carboxylic acid groups (broad SMARTS) is 1. The van der Waals surface area contributed by atoms with E-state index in [9.17, 15) is 25.1 Å². The number of fused-ring (bicyclic) bond motifs is 4. The van der Waals surface area contributed by atoms with Gasteiger partial charge in [0.25, 0.3) is 0 Å². The largest absolute Gasteiger partial charge is 0.465 e. The molecule has 0 saturated carbocycles. The fraction of sp³-hybridized carbons (Fsp3) is 0.457. The second-order valence-corrected chi connectivity index (χ2v) is 15.5. The number of hydrogen-bond donors (Lipinski definition) is 3. The molecule has 7 rings (SSSR count). The van der Waals surface area contributed by atoms with Gasteiger partial charge in [0.05, 0.1) is 34.5 Å². The van der Waals surface area contributed by atoms with Crippen molar-refractivity contribution in [2.24, 2.45) is 0 Å². The van der Waals surface area contributed by atoms with Crippen LogP contribution in [0.25, 0.3) is 32.1 Å². The van der Waals surface area contributed by atoms with Gasteiger partial charge in [0.1, 0.15) is 46.0 Å². The number of benzene rings is 2. The number of ether oxygens (including phenoxy) is 3. The molecule has 3 atom stereocenters. The molecule has 2 aromatic heterocycles. The Morgan fingerprint density at radius 1 is 1.17 bits per heavy atom. The summed E-state index contributed by atoms with van der Waals surface area (Å²) in [6.07, 6.45) is -6.18. The number of aliphatic hydroxyl groups is 1. The number of piperazine rings is 1. The predicted molar refractivity (Wildman–Crippen MR) is 185 cm³/mol. The van der Waals surface area contributed by atoms with Gasteiger partial charge in [-0.3, -0.25) is 10.2 Å². The molecule has 3 unspecified atom stereocenters. The van der Waals surface area contributed by atoms with E-state index >= 15 is 22.0 Å². The van der Waals surface area contributed by atoms with Crippen LogP contribution in [0.3, 0.4) is 0 Å². The number of nitrogens with zero attached hydrogens (tertiary/aromatic N) is 5. The van der Waals surface area contributed by atoms with Crippen molar-refractivity contribution in [2.75, 3.05) is 43.1 Å². The summed E-state index contributed by atoms with van der Waals surface area (Å²) in [4.78, 5) is 36.1. The van der Waals surface area contributed by atoms with E-state index in [1.54, 1.807) is 25.7 Å². The maximum absolute atomic E-state index is 17.2. The summed E-state index contributed by atoms with van der Waals surface area (Å²) < 4.78 is 93.9. The van der Waals surface area contributed by atoms with Gasteiger partial charge in [0.15, 0.2) is 5.82 Å². The zero-order valence-corrected chi connectivity index (χ0v) is 29.8. The van der Waals surface area contributed by atoms with E-state index in [-0.39, 0.29) is 59.0 Å². The van der Waals surface area contributed by atoms with Gasteiger partial charge in [-0.05, 0) is 51.3 Å². The molecule has 3 N–H and O–H groups in total. The minimum absolute atomic E-state index is 0.0310. The average Bonchev–Trinajstić information content (AvgIpc) is 3.76. The van der Waals surface area contributed by atoms with Gasteiger partial charge in [0, 0.05) is 42.5 Å². The van der Waals surface area contributed by atoms with Crippen LogP contribution in [0.15, 0.2) is 18.2 Å². The fourth-order valence-corrected chi connectivity index (χ4v) is 8.32. The van der Waals surface area contributed by atoms with E-state index < -0.39 is 93.7 Å². The Labute approximate surface area is 307 Å². The number of anilines is 2. The summed E-state index contributed by atoms with van der Waals surface area (Å²) in [5, 5.41) is 32.2. The molecular formula is C35H33F5N6O7S. The monoisotopic (exact) mass is 776 g/mol. The lowest BCUT2D eigenvalue weighted by molar-refractivity contribution is -0.137. The number of nitriles is 1. The van der Waals surface area contributed by atoms with E-state index in [1.807, 2.05) is 6.07 Å². The Hall–Kier alpha value is -5.06.